The molecule has 0 radical (unpaired) electrons. The lowest BCUT2D eigenvalue weighted by molar-refractivity contribution is 0.0636. The van der Waals surface area contributed by atoms with Gasteiger partial charge in [0.25, 0.3) is 17.7 Å². The van der Waals surface area contributed by atoms with E-state index in [4.69, 9.17) is 4.42 Å². The summed E-state index contributed by atoms with van der Waals surface area (Å²) < 4.78 is 5.88. The van der Waals surface area contributed by atoms with Crippen molar-refractivity contribution in [3.63, 3.8) is 0 Å². The molecule has 7 nitrogen and oxygen atoms in total. The van der Waals surface area contributed by atoms with Crippen molar-refractivity contribution in [3.8, 4) is 0 Å². The van der Waals surface area contributed by atoms with E-state index in [1.807, 2.05) is 20.8 Å². The molecule has 3 amide bonds. The smallest absolute Gasteiger partial charge is 0.261 e. The van der Waals surface area contributed by atoms with Crippen LogP contribution in [0.15, 0.2) is 22.6 Å². The van der Waals surface area contributed by atoms with Gasteiger partial charge in [0.2, 0.25) is 0 Å². The van der Waals surface area contributed by atoms with Gasteiger partial charge in [-0.1, -0.05) is 34.6 Å². The van der Waals surface area contributed by atoms with Gasteiger partial charge in [-0.15, -0.1) is 0 Å². The zero-order chi connectivity index (χ0) is 22.9. The molecule has 0 aliphatic carbocycles. The van der Waals surface area contributed by atoms with Gasteiger partial charge < -0.3 is 9.73 Å². The van der Waals surface area contributed by atoms with Crippen molar-refractivity contribution >= 4 is 17.7 Å². The number of imide groups is 1. The Morgan fingerprint density at radius 3 is 2.45 bits per heavy atom. The van der Waals surface area contributed by atoms with Gasteiger partial charge in [-0.3, -0.25) is 19.3 Å². The fourth-order valence-corrected chi connectivity index (χ4v) is 3.50. The second-order valence-electron chi connectivity index (χ2n) is 9.51. The van der Waals surface area contributed by atoms with Gasteiger partial charge in [0.15, 0.2) is 5.89 Å². The monoisotopic (exact) mass is 425 g/mol. The minimum absolute atomic E-state index is 0.144. The second kappa shape index (κ2) is 8.65. The summed E-state index contributed by atoms with van der Waals surface area (Å²) in [6, 6.07) is 4.67. The van der Waals surface area contributed by atoms with Gasteiger partial charge in [0.1, 0.15) is 5.76 Å². The molecule has 0 atom stereocenters. The predicted octanol–water partition coefficient (Wildman–Crippen LogP) is 3.90. The van der Waals surface area contributed by atoms with Crippen molar-refractivity contribution in [1.82, 2.24) is 15.2 Å². The maximum atomic E-state index is 12.6. The van der Waals surface area contributed by atoms with E-state index in [1.165, 1.54) is 11.0 Å². The first-order valence-electron chi connectivity index (χ1n) is 10.7. The number of hydrogen-bond acceptors (Lipinski definition) is 5. The number of aromatic nitrogens is 1. The number of rotatable bonds is 7. The number of oxazole rings is 1. The van der Waals surface area contributed by atoms with Crippen LogP contribution in [0, 0.1) is 12.8 Å². The lowest BCUT2D eigenvalue weighted by Crippen LogP contribution is -2.33. The molecule has 1 N–H and O–H groups in total. The highest BCUT2D eigenvalue weighted by Crippen LogP contribution is 2.26. The first kappa shape index (κ1) is 22.7. The maximum absolute atomic E-state index is 12.6. The van der Waals surface area contributed by atoms with Gasteiger partial charge in [-0.05, 0) is 37.5 Å². The van der Waals surface area contributed by atoms with E-state index >= 15 is 0 Å². The average Bonchev–Trinajstić information content (AvgIpc) is 3.18. The third kappa shape index (κ3) is 4.86. The van der Waals surface area contributed by atoms with Crippen LogP contribution in [0.3, 0.4) is 0 Å². The Labute approximate surface area is 183 Å². The van der Waals surface area contributed by atoms with Crippen molar-refractivity contribution in [2.45, 2.75) is 59.8 Å². The second-order valence-corrected chi connectivity index (χ2v) is 9.51. The van der Waals surface area contributed by atoms with E-state index in [1.54, 1.807) is 12.1 Å². The fraction of sp³-hybridized carbons (Fsp3) is 0.500. The number of fused-ring (bicyclic) bond motifs is 1. The molecule has 7 heteroatoms. The van der Waals surface area contributed by atoms with Gasteiger partial charge in [-0.25, -0.2) is 4.98 Å². The average molecular weight is 426 g/mol. The molecule has 3 rings (SSSR count). The van der Waals surface area contributed by atoms with Crippen LogP contribution in [0.5, 0.6) is 0 Å². The molecule has 166 valence electrons. The SMILES string of the molecule is Cc1nc(C(C)(C)C)oc1CCCNC(=O)c1ccc2c(c1)C(=O)N(CC(C)C)C2=O. The topological polar surface area (TPSA) is 92.5 Å². The molecule has 1 aromatic carbocycles. The largest absolute Gasteiger partial charge is 0.445 e. The summed E-state index contributed by atoms with van der Waals surface area (Å²) in [6.07, 6.45) is 1.38. The van der Waals surface area contributed by atoms with Crippen LogP contribution >= 0.6 is 0 Å². The molecule has 2 aromatic rings. The molecule has 0 spiro atoms. The Kier molecular flexibility index (Phi) is 6.34. The summed E-state index contributed by atoms with van der Waals surface area (Å²) >= 11 is 0. The summed E-state index contributed by atoms with van der Waals surface area (Å²) in [4.78, 5) is 43.3. The Hall–Kier alpha value is -2.96. The number of nitrogens with zero attached hydrogens (tertiary/aromatic N) is 2. The molecule has 2 heterocycles. The number of aryl methyl sites for hydroxylation is 2. The van der Waals surface area contributed by atoms with Crippen molar-refractivity contribution in [2.75, 3.05) is 13.1 Å². The predicted molar refractivity (Wildman–Crippen MR) is 117 cm³/mol. The van der Waals surface area contributed by atoms with E-state index < -0.39 is 0 Å². The molecule has 1 aromatic heterocycles. The number of carbonyl (C=O) groups is 3. The minimum atomic E-state index is -0.334. The molecular weight excluding hydrogens is 394 g/mol. The van der Waals surface area contributed by atoms with Crippen LogP contribution in [0.2, 0.25) is 0 Å². The van der Waals surface area contributed by atoms with Gasteiger partial charge in [0.05, 0.1) is 16.8 Å². The Balaban J connectivity index is 1.58. The summed E-state index contributed by atoms with van der Waals surface area (Å²) in [5.41, 5.74) is 1.76. The Bertz CT molecular complexity index is 1010. The molecule has 0 fully saturated rings. The number of carbonyl (C=O) groups excluding carboxylic acids is 3. The van der Waals surface area contributed by atoms with E-state index in [0.29, 0.717) is 48.5 Å². The third-order valence-electron chi connectivity index (χ3n) is 5.18. The zero-order valence-corrected chi connectivity index (χ0v) is 19.2. The number of hydrogen-bond donors (Lipinski definition) is 1. The Morgan fingerprint density at radius 1 is 1.16 bits per heavy atom. The van der Waals surface area contributed by atoms with E-state index in [9.17, 15) is 14.4 Å². The van der Waals surface area contributed by atoms with Gasteiger partial charge in [-0.2, -0.15) is 0 Å². The normalized spacial score (nSPS) is 13.8. The molecule has 1 aliphatic rings. The van der Waals surface area contributed by atoms with Crippen molar-refractivity contribution in [2.24, 2.45) is 5.92 Å². The van der Waals surface area contributed by atoms with E-state index in [-0.39, 0.29) is 29.1 Å². The summed E-state index contributed by atoms with van der Waals surface area (Å²) in [5.74, 6) is 0.836. The highest BCUT2D eigenvalue weighted by molar-refractivity contribution is 6.22. The Morgan fingerprint density at radius 2 is 1.84 bits per heavy atom. The first-order chi connectivity index (χ1) is 14.5. The van der Waals surface area contributed by atoms with Gasteiger partial charge >= 0.3 is 0 Å². The molecule has 0 saturated heterocycles. The lowest BCUT2D eigenvalue weighted by Gasteiger charge is -2.15. The lowest BCUT2D eigenvalue weighted by atomic mass is 9.97. The highest BCUT2D eigenvalue weighted by atomic mass is 16.4. The van der Waals surface area contributed by atoms with E-state index in [0.717, 1.165) is 11.5 Å². The van der Waals surface area contributed by atoms with Crippen molar-refractivity contribution in [3.05, 3.63) is 52.2 Å². The number of nitrogens with one attached hydrogen (secondary N) is 1. The van der Waals surface area contributed by atoms with Crippen LogP contribution in [0.4, 0.5) is 0 Å². The molecule has 0 saturated carbocycles. The fourth-order valence-electron chi connectivity index (χ4n) is 3.50. The van der Waals surface area contributed by atoms with Crippen LogP contribution < -0.4 is 5.32 Å². The maximum Gasteiger partial charge on any atom is 0.261 e. The highest BCUT2D eigenvalue weighted by Gasteiger charge is 2.36. The van der Waals surface area contributed by atoms with Crippen LogP contribution in [-0.4, -0.2) is 40.7 Å². The summed E-state index contributed by atoms with van der Waals surface area (Å²) in [6.45, 7) is 12.8. The van der Waals surface area contributed by atoms with E-state index in [2.05, 4.69) is 31.1 Å². The standard InChI is InChI=1S/C24H31N3O4/c1-14(2)13-27-21(29)17-10-9-16(12-18(17)22(27)30)20(28)25-11-7-8-19-15(3)26-23(31-19)24(4,5)6/h9-10,12,14H,7-8,11,13H2,1-6H3,(H,25,28). The number of amides is 3. The molecule has 1 aliphatic heterocycles. The first-order valence-corrected chi connectivity index (χ1v) is 10.7. The van der Waals surface area contributed by atoms with Gasteiger partial charge in [0, 0.05) is 30.5 Å². The van der Waals surface area contributed by atoms with Crippen LogP contribution in [0.1, 0.15) is 89.5 Å². The van der Waals surface area contributed by atoms with Crippen LogP contribution in [0.25, 0.3) is 0 Å². The zero-order valence-electron chi connectivity index (χ0n) is 19.2. The molecule has 31 heavy (non-hydrogen) atoms. The minimum Gasteiger partial charge on any atom is -0.445 e. The van der Waals surface area contributed by atoms with Crippen LogP contribution in [-0.2, 0) is 11.8 Å². The molecule has 0 bridgehead atoms. The summed E-state index contributed by atoms with van der Waals surface area (Å²) in [7, 11) is 0. The van der Waals surface area contributed by atoms with Crippen molar-refractivity contribution < 1.29 is 18.8 Å². The number of benzene rings is 1. The quantitative estimate of drug-likeness (QED) is 0.537. The molecular formula is C24H31N3O4. The molecule has 0 unspecified atom stereocenters. The summed E-state index contributed by atoms with van der Waals surface area (Å²) in [5, 5.41) is 2.88. The van der Waals surface area contributed by atoms with Crippen molar-refractivity contribution in [1.29, 1.82) is 0 Å². The third-order valence-corrected chi connectivity index (χ3v) is 5.18.